The molecule has 10 heteroatoms. The molecule has 2 bridgehead atoms. The summed E-state index contributed by atoms with van der Waals surface area (Å²) in [7, 11) is 0. The number of primary amides is 1. The summed E-state index contributed by atoms with van der Waals surface area (Å²) in [6, 6.07) is 10.4. The van der Waals surface area contributed by atoms with E-state index in [4.69, 9.17) is 10.5 Å². The molecule has 0 aromatic heterocycles. The van der Waals surface area contributed by atoms with Crippen LogP contribution in [0.4, 0.5) is 4.39 Å². The first-order chi connectivity index (χ1) is 18.7. The Morgan fingerprint density at radius 1 is 1.15 bits per heavy atom. The third-order valence-electron chi connectivity index (χ3n) is 6.63. The fourth-order valence-electron chi connectivity index (χ4n) is 4.54. The van der Waals surface area contributed by atoms with Gasteiger partial charge in [-0.25, -0.2) is 4.39 Å². The summed E-state index contributed by atoms with van der Waals surface area (Å²) in [5.74, 6) is -1.90. The van der Waals surface area contributed by atoms with Crippen molar-refractivity contribution < 1.29 is 28.6 Å². The number of nitrogens with one attached hydrogen (secondary N) is 3. The van der Waals surface area contributed by atoms with Gasteiger partial charge in [-0.05, 0) is 60.9 Å². The molecular weight excluding hydrogens is 503 g/mol. The number of aliphatic hydroxyl groups excluding tert-OH is 1. The number of fused-ring (bicyclic) bond motifs is 2. The van der Waals surface area contributed by atoms with Gasteiger partial charge in [0, 0.05) is 25.6 Å². The first kappa shape index (κ1) is 30.0. The molecular formula is C29H39FN4O5. The molecule has 39 heavy (non-hydrogen) atoms. The van der Waals surface area contributed by atoms with Crippen LogP contribution in [0.5, 0.6) is 5.75 Å². The molecule has 212 valence electrons. The lowest BCUT2D eigenvalue weighted by molar-refractivity contribution is -0.132. The van der Waals surface area contributed by atoms with E-state index in [-0.39, 0.29) is 31.7 Å². The molecule has 0 fully saturated rings. The molecule has 6 N–H and O–H groups in total. The number of halogens is 1. The first-order valence-corrected chi connectivity index (χ1v) is 13.5. The number of benzene rings is 2. The monoisotopic (exact) mass is 542 g/mol. The van der Waals surface area contributed by atoms with E-state index in [1.807, 2.05) is 18.2 Å². The van der Waals surface area contributed by atoms with Crippen molar-refractivity contribution in [1.82, 2.24) is 16.0 Å². The minimum absolute atomic E-state index is 0.0886. The van der Waals surface area contributed by atoms with Crippen molar-refractivity contribution in [3.63, 3.8) is 0 Å². The smallest absolute Gasteiger partial charge is 0.243 e. The van der Waals surface area contributed by atoms with E-state index in [9.17, 15) is 23.9 Å². The van der Waals surface area contributed by atoms with E-state index >= 15 is 0 Å². The van der Waals surface area contributed by atoms with Gasteiger partial charge in [-0.1, -0.05) is 31.2 Å². The lowest BCUT2D eigenvalue weighted by atomic mass is 9.99. The Hall–Kier alpha value is -3.50. The van der Waals surface area contributed by atoms with Crippen LogP contribution in [0.1, 0.15) is 55.7 Å². The van der Waals surface area contributed by atoms with Crippen LogP contribution >= 0.6 is 0 Å². The summed E-state index contributed by atoms with van der Waals surface area (Å²) in [4.78, 5) is 37.3. The van der Waals surface area contributed by atoms with E-state index in [1.54, 1.807) is 6.07 Å². The molecule has 0 saturated carbocycles. The maximum Gasteiger partial charge on any atom is 0.243 e. The normalized spacial score (nSPS) is 19.9. The second kappa shape index (κ2) is 15.2. The summed E-state index contributed by atoms with van der Waals surface area (Å²) in [6.07, 6.45) is 1.64. The number of carbonyl (C=O) groups excluding carboxylic acids is 3. The van der Waals surface area contributed by atoms with Gasteiger partial charge in [0.2, 0.25) is 17.7 Å². The quantitative estimate of drug-likeness (QED) is 0.345. The van der Waals surface area contributed by atoms with Crippen molar-refractivity contribution >= 4 is 17.7 Å². The van der Waals surface area contributed by atoms with Gasteiger partial charge < -0.3 is 31.5 Å². The topological polar surface area (TPSA) is 143 Å². The van der Waals surface area contributed by atoms with Gasteiger partial charge >= 0.3 is 0 Å². The number of hydrogen-bond donors (Lipinski definition) is 5. The van der Waals surface area contributed by atoms with Gasteiger partial charge in [0.15, 0.2) is 0 Å². The molecule has 2 aromatic rings. The van der Waals surface area contributed by atoms with Crippen LogP contribution in [0.3, 0.4) is 0 Å². The lowest BCUT2D eigenvalue weighted by Crippen LogP contribution is -2.55. The molecule has 1 aliphatic rings. The molecule has 0 saturated heterocycles. The predicted molar refractivity (Wildman–Crippen MR) is 145 cm³/mol. The summed E-state index contributed by atoms with van der Waals surface area (Å²) >= 11 is 0. The highest BCUT2D eigenvalue weighted by Crippen LogP contribution is 2.20. The second-order valence-corrected chi connectivity index (χ2v) is 9.94. The van der Waals surface area contributed by atoms with Crippen molar-refractivity contribution in [1.29, 1.82) is 0 Å². The van der Waals surface area contributed by atoms with Crippen LogP contribution in [0.2, 0.25) is 0 Å². The van der Waals surface area contributed by atoms with Crippen LogP contribution in [0.15, 0.2) is 42.5 Å². The maximum atomic E-state index is 14.4. The third kappa shape index (κ3) is 10.3. The van der Waals surface area contributed by atoms with Crippen LogP contribution in [-0.2, 0) is 33.8 Å². The van der Waals surface area contributed by atoms with Crippen LogP contribution in [0.25, 0.3) is 0 Å². The highest BCUT2D eigenvalue weighted by molar-refractivity contribution is 5.91. The van der Waals surface area contributed by atoms with Crippen molar-refractivity contribution in [3.05, 3.63) is 65.0 Å². The van der Waals surface area contributed by atoms with E-state index in [2.05, 4.69) is 28.9 Å². The molecule has 3 amide bonds. The predicted octanol–water partition coefficient (Wildman–Crippen LogP) is 1.88. The van der Waals surface area contributed by atoms with Crippen molar-refractivity contribution in [2.45, 2.75) is 76.6 Å². The van der Waals surface area contributed by atoms with Gasteiger partial charge in [-0.2, -0.15) is 0 Å². The molecule has 3 atom stereocenters. The minimum atomic E-state index is -1.19. The highest BCUT2D eigenvalue weighted by Gasteiger charge is 2.28. The zero-order valence-corrected chi connectivity index (χ0v) is 22.4. The van der Waals surface area contributed by atoms with E-state index < -0.39 is 35.8 Å². The number of carbonyl (C=O) groups is 3. The number of nitrogens with two attached hydrogens (primary N) is 1. The third-order valence-corrected chi connectivity index (χ3v) is 6.63. The summed E-state index contributed by atoms with van der Waals surface area (Å²) in [6.45, 7) is 3.07. The molecule has 2 aromatic carbocycles. The van der Waals surface area contributed by atoms with Gasteiger partial charge in [0.05, 0.1) is 25.2 Å². The van der Waals surface area contributed by atoms with Gasteiger partial charge in [-0.15, -0.1) is 0 Å². The number of hydrogen-bond acceptors (Lipinski definition) is 6. The molecule has 0 radical (unpaired) electrons. The summed E-state index contributed by atoms with van der Waals surface area (Å²) in [5.41, 5.74) is 8.12. The average molecular weight is 543 g/mol. The van der Waals surface area contributed by atoms with Gasteiger partial charge in [0.25, 0.3) is 0 Å². The van der Waals surface area contributed by atoms with Crippen LogP contribution < -0.4 is 26.4 Å². The zero-order chi connectivity index (χ0) is 28.2. The van der Waals surface area contributed by atoms with Crippen molar-refractivity contribution in [2.75, 3.05) is 13.2 Å². The van der Waals surface area contributed by atoms with Crippen molar-refractivity contribution in [2.24, 2.45) is 5.73 Å². The van der Waals surface area contributed by atoms with E-state index in [1.165, 1.54) is 17.7 Å². The van der Waals surface area contributed by atoms with Crippen LogP contribution in [-0.4, -0.2) is 54.2 Å². The molecule has 3 rings (SSSR count). The molecule has 0 aliphatic carbocycles. The molecule has 9 nitrogen and oxygen atoms in total. The highest BCUT2D eigenvalue weighted by atomic mass is 19.1. The summed E-state index contributed by atoms with van der Waals surface area (Å²) in [5, 5.41) is 19.7. The van der Waals surface area contributed by atoms with E-state index in [0.29, 0.717) is 43.7 Å². The second-order valence-electron chi connectivity index (χ2n) is 9.94. The number of aryl methyl sites for hydroxylation is 1. The number of rotatable bonds is 8. The Morgan fingerprint density at radius 3 is 2.72 bits per heavy atom. The average Bonchev–Trinajstić information content (AvgIpc) is 2.89. The minimum Gasteiger partial charge on any atom is -0.493 e. The Kier molecular flexibility index (Phi) is 11.7. The molecule has 1 aliphatic heterocycles. The fraction of sp³-hybridized carbons (Fsp3) is 0.483. The molecule has 1 unspecified atom stereocenters. The number of aliphatic hydroxyl groups is 1. The number of amides is 3. The lowest BCUT2D eigenvalue weighted by Gasteiger charge is -2.27. The first-order valence-electron chi connectivity index (χ1n) is 13.5. The van der Waals surface area contributed by atoms with E-state index in [0.717, 1.165) is 12.0 Å². The Balaban J connectivity index is 1.80. The molecule has 0 spiro atoms. The zero-order valence-electron chi connectivity index (χ0n) is 22.4. The Bertz CT molecular complexity index is 1130. The number of ether oxygens (including phenoxy) is 1. The fourth-order valence-corrected chi connectivity index (χ4v) is 4.54. The van der Waals surface area contributed by atoms with Gasteiger partial charge in [0.1, 0.15) is 17.6 Å². The largest absolute Gasteiger partial charge is 0.493 e. The Labute approximate surface area is 228 Å². The van der Waals surface area contributed by atoms with Gasteiger partial charge in [-0.3, -0.25) is 14.4 Å². The summed E-state index contributed by atoms with van der Waals surface area (Å²) < 4.78 is 20.1. The van der Waals surface area contributed by atoms with Crippen molar-refractivity contribution in [3.8, 4) is 5.75 Å². The van der Waals surface area contributed by atoms with Crippen LogP contribution in [0, 0.1) is 5.82 Å². The maximum absolute atomic E-state index is 14.4. The SMILES string of the molecule is CCc1cccc(CNC[C@@H](O)[C@@H]2Cc3cc(F)cc(c3)OCCCCCC(=O)NC(CC(N)=O)C(=O)N2)c1. The molecule has 1 heterocycles. The Morgan fingerprint density at radius 2 is 1.95 bits per heavy atom. The standard InChI is InChI=1S/C29H39FN4O5/c1-2-19-7-6-8-20(11-19)17-32-18-26(35)24-14-21-12-22(30)15-23(13-21)39-10-5-3-4-9-28(37)33-25(16-27(31)36)29(38)34-24/h6-8,11-13,15,24-26,32,35H,2-5,9-10,14,16-18H2,1H3,(H2,31,36)(H,33,37)(H,34,38)/t24-,25?,26+/m0/s1.